The van der Waals surface area contributed by atoms with Crippen LogP contribution in [-0.4, -0.2) is 16.1 Å². The Balaban J connectivity index is 1.56. The van der Waals surface area contributed by atoms with Gasteiger partial charge in [-0.2, -0.15) is 13.2 Å². The summed E-state index contributed by atoms with van der Waals surface area (Å²) in [4.78, 5) is 8.20. The first-order chi connectivity index (χ1) is 19.3. The third kappa shape index (κ3) is 5.45. The van der Waals surface area contributed by atoms with Gasteiger partial charge in [0.05, 0.1) is 16.5 Å². The zero-order valence-electron chi connectivity index (χ0n) is 20.6. The highest BCUT2D eigenvalue weighted by atomic mass is 19.4. The maximum Gasteiger partial charge on any atom is 0.458 e. The average Bonchev–Trinajstić information content (AvgIpc) is 2.87. The first-order valence-corrected chi connectivity index (χ1v) is 11.6. The number of hydrogen-bond donors (Lipinski definition) is 0. The van der Waals surface area contributed by atoms with Gasteiger partial charge in [0.2, 0.25) is 0 Å². The molecule has 206 valence electrons. The van der Waals surface area contributed by atoms with E-state index in [-0.39, 0.29) is 17.0 Å². The van der Waals surface area contributed by atoms with Gasteiger partial charge in [0.15, 0.2) is 11.6 Å². The number of benzene rings is 4. The molecule has 0 atom stereocenters. The quantitative estimate of drug-likeness (QED) is 0.160. The molecular weight excluding hydrogens is 559 g/mol. The number of rotatable bonds is 3. The lowest BCUT2D eigenvalue weighted by atomic mass is 9.95. The van der Waals surface area contributed by atoms with E-state index in [0.717, 1.165) is 29.8 Å². The van der Waals surface area contributed by atoms with Crippen molar-refractivity contribution < 1.29 is 39.5 Å². The van der Waals surface area contributed by atoms with Gasteiger partial charge in [-0.1, -0.05) is 18.1 Å². The summed E-state index contributed by atoms with van der Waals surface area (Å²) in [5, 5.41) is -1.44. The van der Waals surface area contributed by atoms with E-state index < -0.39 is 68.5 Å². The van der Waals surface area contributed by atoms with E-state index in [1.54, 1.807) is 6.92 Å². The van der Waals surface area contributed by atoms with Gasteiger partial charge in [0, 0.05) is 29.4 Å². The Bertz CT molecular complexity index is 1880. The summed E-state index contributed by atoms with van der Waals surface area (Å²) in [6.45, 7) is 1.77. The van der Waals surface area contributed by atoms with Crippen LogP contribution in [0.5, 0.6) is 0 Å². The molecule has 0 aliphatic carbocycles. The van der Waals surface area contributed by atoms with Crippen LogP contribution < -0.4 is 0 Å². The second kappa shape index (κ2) is 10.3. The normalized spacial score (nSPS) is 11.5. The van der Waals surface area contributed by atoms with E-state index in [0.29, 0.717) is 23.6 Å². The maximum atomic E-state index is 15.2. The van der Waals surface area contributed by atoms with Crippen LogP contribution in [0.2, 0.25) is 0 Å². The van der Waals surface area contributed by atoms with Gasteiger partial charge in [0.1, 0.15) is 29.1 Å². The van der Waals surface area contributed by atoms with Crippen LogP contribution >= 0.6 is 0 Å². The Kier molecular flexibility index (Phi) is 6.95. The summed E-state index contributed by atoms with van der Waals surface area (Å²) >= 11 is 0. The average molecular weight is 572 g/mol. The number of fused-ring (bicyclic) bond motifs is 1. The molecule has 5 aromatic rings. The number of aryl methyl sites for hydroxylation is 1. The second-order valence-electron chi connectivity index (χ2n) is 8.94. The lowest BCUT2D eigenvalue weighted by molar-refractivity contribution is -0.0696. The van der Waals surface area contributed by atoms with Crippen LogP contribution in [-0.2, 0) is 0 Å². The molecule has 0 amide bonds. The molecule has 5 rings (SSSR count). The van der Waals surface area contributed by atoms with Gasteiger partial charge < -0.3 is 0 Å². The van der Waals surface area contributed by atoms with Gasteiger partial charge in [-0.15, -0.1) is 0 Å². The van der Waals surface area contributed by atoms with Crippen molar-refractivity contribution in [3.05, 3.63) is 107 Å². The number of nitrogens with zero attached hydrogens (tertiary/aromatic N) is 2. The number of aromatic nitrogens is 2. The molecule has 1 heterocycles. The summed E-state index contributed by atoms with van der Waals surface area (Å²) in [5.74, 6) is -5.72. The molecule has 0 aliphatic heterocycles. The highest BCUT2D eigenvalue weighted by Crippen LogP contribution is 2.36. The molecule has 11 heteroatoms. The maximum absolute atomic E-state index is 15.2. The monoisotopic (exact) mass is 572 g/mol. The Morgan fingerprint density at radius 1 is 0.659 bits per heavy atom. The molecule has 2 nitrogen and oxygen atoms in total. The largest absolute Gasteiger partial charge is 0.458 e. The van der Waals surface area contributed by atoms with Crippen LogP contribution in [0.15, 0.2) is 60.9 Å². The molecule has 0 fully saturated rings. The van der Waals surface area contributed by atoms with Crippen molar-refractivity contribution in [3.63, 3.8) is 0 Å². The summed E-state index contributed by atoms with van der Waals surface area (Å²) in [7, 11) is 0. The van der Waals surface area contributed by atoms with E-state index in [1.165, 1.54) is 30.4 Å². The molecule has 0 spiro atoms. The van der Waals surface area contributed by atoms with Gasteiger partial charge in [0.25, 0.3) is 0 Å². The smallest absolute Gasteiger partial charge is 0.236 e. The Labute approximate surface area is 226 Å². The number of alkyl halides is 3. The summed E-state index contributed by atoms with van der Waals surface area (Å²) in [5.41, 5.74) is -1.79. The molecule has 0 bridgehead atoms. The van der Waals surface area contributed by atoms with Crippen LogP contribution in [0.1, 0.15) is 11.1 Å². The lowest BCUT2D eigenvalue weighted by Crippen LogP contribution is -2.03. The van der Waals surface area contributed by atoms with Crippen molar-refractivity contribution in [2.75, 3.05) is 0 Å². The summed E-state index contributed by atoms with van der Waals surface area (Å²) < 4.78 is 127. The molecule has 0 unspecified atom stereocenters. The highest BCUT2D eigenvalue weighted by molar-refractivity contribution is 5.90. The van der Waals surface area contributed by atoms with Crippen molar-refractivity contribution in [1.82, 2.24) is 9.97 Å². The van der Waals surface area contributed by atoms with Crippen LogP contribution in [0, 0.1) is 53.7 Å². The van der Waals surface area contributed by atoms with Crippen LogP contribution in [0.3, 0.4) is 0 Å². The zero-order chi connectivity index (χ0) is 29.6. The number of hydrogen-bond acceptors (Lipinski definition) is 2. The fraction of sp³-hybridized carbons (Fsp3) is 0.0667. The van der Waals surface area contributed by atoms with E-state index in [4.69, 9.17) is 0 Å². The predicted octanol–water partition coefficient (Wildman–Crippen LogP) is 8.69. The van der Waals surface area contributed by atoms with Gasteiger partial charge in [-0.3, -0.25) is 0 Å². The minimum absolute atomic E-state index is 0.161. The second-order valence-corrected chi connectivity index (χ2v) is 8.94. The minimum atomic E-state index is -5.06. The summed E-state index contributed by atoms with van der Waals surface area (Å²) in [6.07, 6.45) is -1.98. The van der Waals surface area contributed by atoms with E-state index in [2.05, 4.69) is 9.97 Å². The van der Waals surface area contributed by atoms with E-state index in [9.17, 15) is 30.7 Å². The van der Waals surface area contributed by atoms with Gasteiger partial charge in [-0.25, -0.2) is 36.3 Å². The third-order valence-electron chi connectivity index (χ3n) is 6.06. The molecule has 0 radical (unpaired) electrons. The molecule has 0 N–H and O–H groups in total. The molecular formula is C30H13F9N2. The fourth-order valence-electron chi connectivity index (χ4n) is 4.24. The molecule has 0 saturated heterocycles. The first-order valence-electron chi connectivity index (χ1n) is 11.6. The van der Waals surface area contributed by atoms with Crippen LogP contribution in [0.25, 0.3) is 44.4 Å². The van der Waals surface area contributed by atoms with E-state index >= 15 is 8.78 Å². The Hall–Kier alpha value is -4.85. The van der Waals surface area contributed by atoms with Crippen molar-refractivity contribution in [2.45, 2.75) is 13.1 Å². The Morgan fingerprint density at radius 2 is 1.27 bits per heavy atom. The summed E-state index contributed by atoms with van der Waals surface area (Å²) in [6, 6.07) is 7.36. The van der Waals surface area contributed by atoms with Crippen molar-refractivity contribution in [1.29, 1.82) is 0 Å². The first kappa shape index (κ1) is 27.7. The molecule has 4 aromatic carbocycles. The molecule has 41 heavy (non-hydrogen) atoms. The van der Waals surface area contributed by atoms with Gasteiger partial charge in [-0.05, 0) is 65.4 Å². The topological polar surface area (TPSA) is 25.8 Å². The molecule has 0 aliphatic rings. The van der Waals surface area contributed by atoms with Crippen molar-refractivity contribution in [3.8, 4) is 45.5 Å². The Morgan fingerprint density at radius 3 is 1.88 bits per heavy atom. The molecule has 1 aromatic heterocycles. The lowest BCUT2D eigenvalue weighted by Gasteiger charge is -2.12. The van der Waals surface area contributed by atoms with Crippen LogP contribution in [0.4, 0.5) is 39.5 Å². The fourth-order valence-corrected chi connectivity index (χ4v) is 4.24. The molecule has 0 saturated carbocycles. The van der Waals surface area contributed by atoms with Crippen molar-refractivity contribution >= 4 is 10.8 Å². The third-order valence-corrected chi connectivity index (χ3v) is 6.06. The number of halogens is 9. The minimum Gasteiger partial charge on any atom is -0.236 e. The predicted molar refractivity (Wildman–Crippen MR) is 133 cm³/mol. The van der Waals surface area contributed by atoms with Gasteiger partial charge >= 0.3 is 6.18 Å². The highest BCUT2D eigenvalue weighted by Gasteiger charge is 2.25. The zero-order valence-corrected chi connectivity index (χ0v) is 20.6. The standard InChI is InChI=1S/C30H13F9N2/c1-14-12-40-29(41-13-14)15-2-3-19(21(31)7-15)16-8-23(33)26(24(34)9-16)17-6-18-10-22(32)20(4-5-30(37,38)39)28(36)27(18)25(35)11-17/h2-3,6-13H,1H3. The van der Waals surface area contributed by atoms with E-state index in [1.807, 2.05) is 0 Å². The SMILES string of the molecule is Cc1cnc(-c2ccc(-c3cc(F)c(-c4cc(F)c5c(F)c(C#CC(F)(F)F)c(F)cc5c4)c(F)c3)c(F)c2)nc1. The van der Waals surface area contributed by atoms with Crippen molar-refractivity contribution in [2.24, 2.45) is 0 Å².